The zero-order chi connectivity index (χ0) is 14.7. The second kappa shape index (κ2) is 6.18. The molecule has 2 N–H and O–H groups in total. The Hall–Kier alpha value is -2.01. The molecule has 1 unspecified atom stereocenters. The summed E-state index contributed by atoms with van der Waals surface area (Å²) in [4.78, 5) is 13.7. The average Bonchev–Trinajstić information content (AvgIpc) is 2.89. The molecule has 1 aromatic carbocycles. The number of furan rings is 1. The van der Waals surface area contributed by atoms with Gasteiger partial charge in [-0.15, -0.1) is 0 Å². The highest BCUT2D eigenvalue weighted by atomic mass is 16.3. The van der Waals surface area contributed by atoms with Crippen molar-refractivity contribution < 1.29 is 14.3 Å². The molecule has 2 aromatic rings. The first-order valence-corrected chi connectivity index (χ1v) is 7.40. The first-order valence-electron chi connectivity index (χ1n) is 7.40. The SMILES string of the molecule is O=C(NCCc1cc2ccccc2o1)N1CCCC(O)C1. The van der Waals surface area contributed by atoms with Crippen molar-refractivity contribution in [2.75, 3.05) is 19.6 Å². The van der Waals surface area contributed by atoms with Gasteiger partial charge >= 0.3 is 6.03 Å². The Kier molecular flexibility index (Phi) is 4.10. The van der Waals surface area contributed by atoms with Crippen molar-refractivity contribution >= 4 is 17.0 Å². The van der Waals surface area contributed by atoms with Gasteiger partial charge in [-0.3, -0.25) is 0 Å². The van der Waals surface area contributed by atoms with Crippen molar-refractivity contribution in [2.24, 2.45) is 0 Å². The van der Waals surface area contributed by atoms with E-state index in [2.05, 4.69) is 5.32 Å². The van der Waals surface area contributed by atoms with E-state index in [1.807, 2.05) is 30.3 Å². The number of β-amino-alcohol motifs (C(OH)–C–C–N with tert-alkyl or cyclic N) is 1. The van der Waals surface area contributed by atoms with Gasteiger partial charge in [0.2, 0.25) is 0 Å². The zero-order valence-corrected chi connectivity index (χ0v) is 11.9. The third-order valence-corrected chi connectivity index (χ3v) is 3.81. The largest absolute Gasteiger partial charge is 0.461 e. The van der Waals surface area contributed by atoms with Crippen LogP contribution in [-0.2, 0) is 6.42 Å². The minimum absolute atomic E-state index is 0.107. The molecule has 5 nitrogen and oxygen atoms in total. The molecule has 21 heavy (non-hydrogen) atoms. The van der Waals surface area contributed by atoms with E-state index < -0.39 is 0 Å². The molecule has 1 aliphatic rings. The first kappa shape index (κ1) is 13.9. The van der Waals surface area contributed by atoms with Gasteiger partial charge in [0.15, 0.2) is 0 Å². The van der Waals surface area contributed by atoms with Crippen molar-refractivity contribution in [3.05, 3.63) is 36.1 Å². The standard InChI is InChI=1S/C16H20N2O3/c19-13-5-3-9-18(11-13)16(20)17-8-7-14-10-12-4-1-2-6-15(12)21-14/h1-2,4,6,10,13,19H,3,5,7-9,11H2,(H,17,20). The molecule has 112 valence electrons. The number of hydrogen-bond acceptors (Lipinski definition) is 3. The molecule has 0 radical (unpaired) electrons. The monoisotopic (exact) mass is 288 g/mol. The van der Waals surface area contributed by atoms with Crippen LogP contribution in [0.1, 0.15) is 18.6 Å². The lowest BCUT2D eigenvalue weighted by atomic mass is 10.1. The highest BCUT2D eigenvalue weighted by Gasteiger charge is 2.21. The van der Waals surface area contributed by atoms with Crippen molar-refractivity contribution in [3.63, 3.8) is 0 Å². The number of aliphatic hydroxyl groups is 1. The van der Waals surface area contributed by atoms with Crippen molar-refractivity contribution in [1.82, 2.24) is 10.2 Å². The molecule has 5 heteroatoms. The van der Waals surface area contributed by atoms with Gasteiger partial charge < -0.3 is 19.7 Å². The Balaban J connectivity index is 1.50. The van der Waals surface area contributed by atoms with E-state index in [1.54, 1.807) is 4.90 Å². The van der Waals surface area contributed by atoms with E-state index in [0.29, 0.717) is 26.1 Å². The summed E-state index contributed by atoms with van der Waals surface area (Å²) in [6.07, 6.45) is 1.91. The van der Waals surface area contributed by atoms with E-state index in [1.165, 1.54) is 0 Å². The number of nitrogens with zero attached hydrogens (tertiary/aromatic N) is 1. The van der Waals surface area contributed by atoms with Crippen LogP contribution in [-0.4, -0.2) is 41.8 Å². The van der Waals surface area contributed by atoms with Crippen molar-refractivity contribution in [2.45, 2.75) is 25.4 Å². The molecule has 0 bridgehead atoms. The lowest BCUT2D eigenvalue weighted by molar-refractivity contribution is 0.0843. The lowest BCUT2D eigenvalue weighted by Gasteiger charge is -2.30. The number of aliphatic hydroxyl groups excluding tert-OH is 1. The van der Waals surface area contributed by atoms with Crippen LogP contribution in [0.4, 0.5) is 4.79 Å². The summed E-state index contributed by atoms with van der Waals surface area (Å²) >= 11 is 0. The molecule has 1 atom stereocenters. The average molecular weight is 288 g/mol. The molecule has 1 aliphatic heterocycles. The summed E-state index contributed by atoms with van der Waals surface area (Å²) < 4.78 is 5.71. The van der Waals surface area contributed by atoms with Crippen LogP contribution < -0.4 is 5.32 Å². The summed E-state index contributed by atoms with van der Waals surface area (Å²) in [7, 11) is 0. The van der Waals surface area contributed by atoms with Crippen molar-refractivity contribution in [1.29, 1.82) is 0 Å². The quantitative estimate of drug-likeness (QED) is 0.909. The van der Waals surface area contributed by atoms with Gasteiger partial charge in [0.1, 0.15) is 11.3 Å². The fraction of sp³-hybridized carbons (Fsp3) is 0.438. The van der Waals surface area contributed by atoms with Crippen LogP contribution >= 0.6 is 0 Å². The summed E-state index contributed by atoms with van der Waals surface area (Å²) in [5.74, 6) is 0.871. The van der Waals surface area contributed by atoms with Gasteiger partial charge in [0.05, 0.1) is 6.10 Å². The predicted molar refractivity (Wildman–Crippen MR) is 80.1 cm³/mol. The smallest absolute Gasteiger partial charge is 0.317 e. The highest BCUT2D eigenvalue weighted by Crippen LogP contribution is 2.18. The van der Waals surface area contributed by atoms with Gasteiger partial charge in [-0.2, -0.15) is 0 Å². The summed E-state index contributed by atoms with van der Waals surface area (Å²) in [5.41, 5.74) is 0.873. The summed E-state index contributed by atoms with van der Waals surface area (Å²) in [5, 5.41) is 13.5. The number of hydrogen-bond donors (Lipinski definition) is 2. The van der Waals surface area contributed by atoms with E-state index in [9.17, 15) is 9.90 Å². The lowest BCUT2D eigenvalue weighted by Crippen LogP contribution is -2.47. The van der Waals surface area contributed by atoms with Crippen LogP contribution in [0.15, 0.2) is 34.7 Å². The molecule has 3 rings (SSSR count). The number of carbonyl (C=O) groups is 1. The number of piperidine rings is 1. The van der Waals surface area contributed by atoms with Crippen LogP contribution in [0.3, 0.4) is 0 Å². The molecule has 1 aromatic heterocycles. The number of para-hydroxylation sites is 1. The number of likely N-dealkylation sites (tertiary alicyclic amines) is 1. The van der Waals surface area contributed by atoms with E-state index in [4.69, 9.17) is 4.42 Å². The van der Waals surface area contributed by atoms with Crippen LogP contribution in [0.2, 0.25) is 0 Å². The minimum Gasteiger partial charge on any atom is -0.461 e. The number of carbonyl (C=O) groups excluding carboxylic acids is 1. The molecule has 1 fully saturated rings. The first-order chi connectivity index (χ1) is 10.2. The van der Waals surface area contributed by atoms with Crippen LogP contribution in [0.5, 0.6) is 0 Å². The van der Waals surface area contributed by atoms with Gasteiger partial charge in [-0.05, 0) is 25.0 Å². The van der Waals surface area contributed by atoms with Gasteiger partial charge in [-0.25, -0.2) is 4.79 Å². The second-order valence-electron chi connectivity index (χ2n) is 5.47. The fourth-order valence-corrected chi connectivity index (χ4v) is 2.70. The molecule has 1 saturated heterocycles. The van der Waals surface area contributed by atoms with E-state index >= 15 is 0 Å². The Morgan fingerprint density at radius 1 is 1.43 bits per heavy atom. The van der Waals surface area contributed by atoms with E-state index in [0.717, 1.165) is 29.6 Å². The summed E-state index contributed by atoms with van der Waals surface area (Å²) in [6, 6.07) is 9.77. The molecule has 2 heterocycles. The number of rotatable bonds is 3. The Morgan fingerprint density at radius 3 is 3.10 bits per heavy atom. The molecule has 0 saturated carbocycles. The Morgan fingerprint density at radius 2 is 2.29 bits per heavy atom. The highest BCUT2D eigenvalue weighted by molar-refractivity contribution is 5.77. The molecular weight excluding hydrogens is 268 g/mol. The predicted octanol–water partition coefficient (Wildman–Crippen LogP) is 2.14. The molecule has 0 spiro atoms. The van der Waals surface area contributed by atoms with Crippen LogP contribution in [0, 0.1) is 0 Å². The number of amides is 2. The maximum atomic E-state index is 12.0. The maximum absolute atomic E-state index is 12.0. The minimum atomic E-state index is -0.389. The second-order valence-corrected chi connectivity index (χ2v) is 5.47. The number of urea groups is 1. The van der Waals surface area contributed by atoms with Gasteiger partial charge in [0.25, 0.3) is 0 Å². The molecule has 0 aliphatic carbocycles. The molecule has 2 amide bonds. The number of benzene rings is 1. The molecular formula is C16H20N2O3. The maximum Gasteiger partial charge on any atom is 0.317 e. The third-order valence-electron chi connectivity index (χ3n) is 3.81. The number of nitrogens with one attached hydrogen (secondary N) is 1. The number of fused-ring (bicyclic) bond motifs is 1. The zero-order valence-electron chi connectivity index (χ0n) is 11.9. The van der Waals surface area contributed by atoms with E-state index in [-0.39, 0.29) is 12.1 Å². The van der Waals surface area contributed by atoms with Crippen LogP contribution in [0.25, 0.3) is 11.0 Å². The van der Waals surface area contributed by atoms with Gasteiger partial charge in [0, 0.05) is 31.4 Å². The third kappa shape index (κ3) is 3.36. The Labute approximate surface area is 123 Å². The fourth-order valence-electron chi connectivity index (χ4n) is 2.70. The Bertz CT molecular complexity index is 590. The normalized spacial score (nSPS) is 18.9. The van der Waals surface area contributed by atoms with Crippen molar-refractivity contribution in [3.8, 4) is 0 Å². The van der Waals surface area contributed by atoms with Gasteiger partial charge in [-0.1, -0.05) is 18.2 Å². The summed E-state index contributed by atoms with van der Waals surface area (Å²) in [6.45, 7) is 1.68. The topological polar surface area (TPSA) is 65.7 Å².